The van der Waals surface area contributed by atoms with E-state index in [1.54, 1.807) is 14.0 Å². The van der Waals surface area contributed by atoms with Crippen molar-refractivity contribution < 1.29 is 17.9 Å². The van der Waals surface area contributed by atoms with E-state index in [1.165, 1.54) is 23.9 Å². The van der Waals surface area contributed by atoms with Crippen molar-refractivity contribution >= 4 is 17.2 Å². The van der Waals surface area contributed by atoms with Crippen molar-refractivity contribution in [3.63, 3.8) is 0 Å². The van der Waals surface area contributed by atoms with Crippen LogP contribution in [0.5, 0.6) is 5.75 Å². The lowest BCUT2D eigenvalue weighted by Crippen LogP contribution is -2.04. The van der Waals surface area contributed by atoms with Crippen LogP contribution >= 0.6 is 0 Å². The van der Waals surface area contributed by atoms with E-state index in [0.717, 1.165) is 18.2 Å². The molecule has 3 rings (SSSR count). The zero-order valence-electron chi connectivity index (χ0n) is 14.4. The average Bonchev–Trinajstić information content (AvgIpc) is 2.83. The number of rotatable bonds is 4. The second kappa shape index (κ2) is 6.62. The molecule has 0 amide bonds. The summed E-state index contributed by atoms with van der Waals surface area (Å²) in [6.45, 7) is 1.64. The van der Waals surface area contributed by atoms with Crippen LogP contribution in [0, 0.1) is 24.4 Å². The molecule has 8 heteroatoms. The number of nitrogens with one attached hydrogen (secondary N) is 1. The Bertz CT molecular complexity index is 962. The predicted molar refractivity (Wildman–Crippen MR) is 93.9 cm³/mol. The van der Waals surface area contributed by atoms with Gasteiger partial charge in [-0.2, -0.15) is 5.10 Å². The summed E-state index contributed by atoms with van der Waals surface area (Å²) < 4.78 is 48.7. The number of aryl methyl sites for hydroxylation is 2. The first-order chi connectivity index (χ1) is 12.3. The molecule has 136 valence electrons. The fraction of sp³-hybridized carbons (Fsp3) is 0.167. The molecule has 1 aromatic heterocycles. The number of aromatic nitrogens is 2. The van der Waals surface area contributed by atoms with Crippen molar-refractivity contribution in [3.05, 3.63) is 53.5 Å². The van der Waals surface area contributed by atoms with Gasteiger partial charge in [-0.3, -0.25) is 4.68 Å². The number of methoxy groups -OCH3 is 1. The molecular formula is C18H17F3N4O. The van der Waals surface area contributed by atoms with E-state index < -0.39 is 17.5 Å². The Morgan fingerprint density at radius 2 is 1.73 bits per heavy atom. The lowest BCUT2D eigenvalue weighted by atomic mass is 10.0. The van der Waals surface area contributed by atoms with E-state index >= 15 is 0 Å². The number of benzene rings is 2. The van der Waals surface area contributed by atoms with Gasteiger partial charge in [0.2, 0.25) is 0 Å². The van der Waals surface area contributed by atoms with Crippen LogP contribution < -0.4 is 15.8 Å². The molecule has 0 spiro atoms. The minimum absolute atomic E-state index is 0.0718. The third kappa shape index (κ3) is 3.05. The maximum Gasteiger partial charge on any atom is 0.137 e. The second-order valence-corrected chi connectivity index (χ2v) is 5.76. The number of hydrogen-bond donors (Lipinski definition) is 2. The highest BCUT2D eigenvalue weighted by Crippen LogP contribution is 2.38. The Morgan fingerprint density at radius 1 is 1.08 bits per heavy atom. The SMILES string of the molecule is COc1cc(F)c(-c2c(C)nn(C)c2Nc2ccc(F)cc2N)c(F)c1. The third-order valence-corrected chi connectivity index (χ3v) is 3.99. The second-order valence-electron chi connectivity index (χ2n) is 5.76. The van der Waals surface area contributed by atoms with Gasteiger partial charge in [-0.05, 0) is 25.1 Å². The average molecular weight is 362 g/mol. The first-order valence-corrected chi connectivity index (χ1v) is 7.71. The van der Waals surface area contributed by atoms with Gasteiger partial charge < -0.3 is 15.8 Å². The molecule has 0 aliphatic rings. The number of nitrogens with two attached hydrogens (primary N) is 1. The molecule has 0 unspecified atom stereocenters. The number of hydrogen-bond acceptors (Lipinski definition) is 4. The van der Waals surface area contributed by atoms with Crippen molar-refractivity contribution in [1.82, 2.24) is 9.78 Å². The van der Waals surface area contributed by atoms with Crippen molar-refractivity contribution in [2.75, 3.05) is 18.2 Å². The van der Waals surface area contributed by atoms with Crippen LogP contribution in [0.15, 0.2) is 30.3 Å². The molecule has 3 N–H and O–H groups in total. The van der Waals surface area contributed by atoms with Gasteiger partial charge in [-0.25, -0.2) is 13.2 Å². The predicted octanol–water partition coefficient (Wildman–Crippen LogP) is 4.15. The Morgan fingerprint density at radius 3 is 2.31 bits per heavy atom. The van der Waals surface area contributed by atoms with E-state index in [4.69, 9.17) is 10.5 Å². The van der Waals surface area contributed by atoms with Crippen molar-refractivity contribution in [2.24, 2.45) is 7.05 Å². The molecule has 0 bridgehead atoms. The highest BCUT2D eigenvalue weighted by atomic mass is 19.1. The maximum absolute atomic E-state index is 14.6. The fourth-order valence-corrected chi connectivity index (χ4v) is 2.78. The van der Waals surface area contributed by atoms with Gasteiger partial charge in [0.1, 0.15) is 29.0 Å². The van der Waals surface area contributed by atoms with Gasteiger partial charge in [0.15, 0.2) is 0 Å². The number of nitrogens with zero attached hydrogens (tertiary/aromatic N) is 2. The quantitative estimate of drug-likeness (QED) is 0.685. The molecule has 3 aromatic rings. The van der Waals surface area contributed by atoms with Crippen LogP contribution in [-0.4, -0.2) is 16.9 Å². The molecule has 0 saturated carbocycles. The minimum Gasteiger partial charge on any atom is -0.497 e. The largest absolute Gasteiger partial charge is 0.497 e. The summed E-state index contributed by atoms with van der Waals surface area (Å²) in [4.78, 5) is 0. The lowest BCUT2D eigenvalue weighted by molar-refractivity contribution is 0.407. The molecular weight excluding hydrogens is 345 g/mol. The van der Waals surface area contributed by atoms with Crippen LogP contribution in [0.3, 0.4) is 0 Å². The number of nitrogen functional groups attached to an aromatic ring is 1. The Hall–Kier alpha value is -3.16. The normalized spacial score (nSPS) is 10.8. The highest BCUT2D eigenvalue weighted by molar-refractivity contribution is 5.84. The summed E-state index contributed by atoms with van der Waals surface area (Å²) in [5.41, 5.74) is 6.79. The lowest BCUT2D eigenvalue weighted by Gasteiger charge is -2.13. The smallest absolute Gasteiger partial charge is 0.137 e. The Labute approximate surface area is 148 Å². The highest BCUT2D eigenvalue weighted by Gasteiger charge is 2.23. The zero-order valence-corrected chi connectivity index (χ0v) is 14.4. The van der Waals surface area contributed by atoms with Crippen molar-refractivity contribution in [3.8, 4) is 16.9 Å². The molecule has 0 aliphatic carbocycles. The topological polar surface area (TPSA) is 65.1 Å². The van der Waals surface area contributed by atoms with E-state index in [0.29, 0.717) is 17.2 Å². The third-order valence-electron chi connectivity index (χ3n) is 3.99. The summed E-state index contributed by atoms with van der Waals surface area (Å²) >= 11 is 0. The monoisotopic (exact) mass is 362 g/mol. The van der Waals surface area contributed by atoms with Gasteiger partial charge in [0.25, 0.3) is 0 Å². The zero-order chi connectivity index (χ0) is 19.0. The van der Waals surface area contributed by atoms with Gasteiger partial charge in [0, 0.05) is 19.2 Å². The molecule has 0 fully saturated rings. The van der Waals surface area contributed by atoms with Crippen LogP contribution in [-0.2, 0) is 7.05 Å². The van der Waals surface area contributed by atoms with Crippen molar-refractivity contribution in [1.29, 1.82) is 0 Å². The Kier molecular flexibility index (Phi) is 4.50. The van der Waals surface area contributed by atoms with E-state index in [-0.39, 0.29) is 22.6 Å². The van der Waals surface area contributed by atoms with Crippen LogP contribution in [0.4, 0.5) is 30.4 Å². The number of ether oxygens (including phenoxy) is 1. The van der Waals surface area contributed by atoms with Crippen LogP contribution in [0.1, 0.15) is 5.69 Å². The van der Waals surface area contributed by atoms with Crippen molar-refractivity contribution in [2.45, 2.75) is 6.92 Å². The van der Waals surface area contributed by atoms with Gasteiger partial charge >= 0.3 is 0 Å². The molecule has 0 aliphatic heterocycles. The summed E-state index contributed by atoms with van der Waals surface area (Å²) in [6.07, 6.45) is 0. The molecule has 0 atom stereocenters. The minimum atomic E-state index is -0.784. The molecule has 0 saturated heterocycles. The number of halogens is 3. The standard InChI is InChI=1S/C18H17F3N4O/c1-9-16(17-12(20)7-11(26-3)8-13(17)21)18(25(2)24-9)23-15-5-4-10(19)6-14(15)22/h4-8,23H,22H2,1-3H3. The van der Waals surface area contributed by atoms with Crippen LogP contribution in [0.25, 0.3) is 11.1 Å². The summed E-state index contributed by atoms with van der Waals surface area (Å²) in [5, 5.41) is 7.21. The molecule has 5 nitrogen and oxygen atoms in total. The molecule has 1 heterocycles. The van der Waals surface area contributed by atoms with E-state index in [2.05, 4.69) is 10.4 Å². The molecule has 2 aromatic carbocycles. The first-order valence-electron chi connectivity index (χ1n) is 7.71. The van der Waals surface area contributed by atoms with E-state index in [1.807, 2.05) is 0 Å². The molecule has 26 heavy (non-hydrogen) atoms. The number of anilines is 3. The first kappa shape index (κ1) is 17.7. The summed E-state index contributed by atoms with van der Waals surface area (Å²) in [5.74, 6) is -1.66. The van der Waals surface area contributed by atoms with E-state index in [9.17, 15) is 13.2 Å². The van der Waals surface area contributed by atoms with Crippen LogP contribution in [0.2, 0.25) is 0 Å². The summed E-state index contributed by atoms with van der Waals surface area (Å²) in [7, 11) is 2.95. The summed E-state index contributed by atoms with van der Waals surface area (Å²) in [6, 6.07) is 6.02. The van der Waals surface area contributed by atoms with Gasteiger partial charge in [-0.1, -0.05) is 0 Å². The fourth-order valence-electron chi connectivity index (χ4n) is 2.78. The molecule has 0 radical (unpaired) electrons. The maximum atomic E-state index is 14.6. The van der Waals surface area contributed by atoms with Gasteiger partial charge in [-0.15, -0.1) is 0 Å². The Balaban J connectivity index is 2.16. The van der Waals surface area contributed by atoms with Gasteiger partial charge in [0.05, 0.1) is 35.3 Å².